The number of carbonyl (C=O) groups excluding carboxylic acids is 2. The fourth-order valence-corrected chi connectivity index (χ4v) is 4.01. The highest BCUT2D eigenvalue weighted by atomic mass is 35.5. The second-order valence-electron chi connectivity index (χ2n) is 9.16. The van der Waals surface area contributed by atoms with Crippen molar-refractivity contribution in [2.75, 3.05) is 6.61 Å². The Kier molecular flexibility index (Phi) is 9.95. The summed E-state index contributed by atoms with van der Waals surface area (Å²) in [5, 5.41) is 3.69. The van der Waals surface area contributed by atoms with Gasteiger partial charge in [-0.25, -0.2) is 0 Å². The molecule has 0 aliphatic rings. The molecule has 36 heavy (non-hydrogen) atoms. The summed E-state index contributed by atoms with van der Waals surface area (Å²) in [4.78, 5) is 28.8. The molecule has 0 aliphatic heterocycles. The van der Waals surface area contributed by atoms with Gasteiger partial charge in [-0.2, -0.15) is 0 Å². The largest absolute Gasteiger partial charge is 0.483 e. The Labute approximate surface area is 219 Å². The molecule has 2 atom stereocenters. The maximum atomic E-state index is 13.7. The maximum Gasteiger partial charge on any atom is 0.261 e. The quantitative estimate of drug-likeness (QED) is 0.352. The first kappa shape index (κ1) is 27.3. The third kappa shape index (κ3) is 7.59. The molecule has 0 aliphatic carbocycles. The molecular formula is C30H35ClN2O3. The lowest BCUT2D eigenvalue weighted by atomic mass is 10.0. The number of hydrogen-bond donors (Lipinski definition) is 1. The predicted octanol–water partition coefficient (Wildman–Crippen LogP) is 5.89. The summed E-state index contributed by atoms with van der Waals surface area (Å²) < 4.78 is 5.96. The number of amides is 2. The van der Waals surface area contributed by atoms with Crippen molar-refractivity contribution in [1.29, 1.82) is 0 Å². The second-order valence-corrected chi connectivity index (χ2v) is 9.59. The van der Waals surface area contributed by atoms with Gasteiger partial charge in [-0.3, -0.25) is 9.59 Å². The smallest absolute Gasteiger partial charge is 0.261 e. The number of ether oxygens (including phenoxy) is 1. The van der Waals surface area contributed by atoms with Gasteiger partial charge in [0, 0.05) is 24.0 Å². The number of aryl methyl sites for hydroxylation is 1. The Morgan fingerprint density at radius 3 is 2.31 bits per heavy atom. The molecule has 5 nitrogen and oxygen atoms in total. The van der Waals surface area contributed by atoms with E-state index in [1.54, 1.807) is 17.0 Å². The van der Waals surface area contributed by atoms with Gasteiger partial charge in [0.05, 0.1) is 0 Å². The van der Waals surface area contributed by atoms with Crippen molar-refractivity contribution in [2.24, 2.45) is 0 Å². The van der Waals surface area contributed by atoms with Gasteiger partial charge >= 0.3 is 0 Å². The van der Waals surface area contributed by atoms with Crippen LogP contribution in [-0.4, -0.2) is 35.4 Å². The molecule has 0 fully saturated rings. The van der Waals surface area contributed by atoms with E-state index >= 15 is 0 Å². The molecule has 0 bridgehead atoms. The standard InChI is InChI=1S/C30H35ClN2O3/c1-5-22(3)32-30(35)27(18-24-11-7-6-8-12-24)33(19-25-14-16-26(31)17-15-25)29(34)20-36-28-13-9-10-21(2)23(28)4/h6-17,22,27H,5,18-20H2,1-4H3,(H,32,35). The van der Waals surface area contributed by atoms with Crippen LogP contribution in [0.2, 0.25) is 5.02 Å². The molecule has 0 saturated heterocycles. The van der Waals surface area contributed by atoms with E-state index < -0.39 is 6.04 Å². The Morgan fingerprint density at radius 2 is 1.64 bits per heavy atom. The monoisotopic (exact) mass is 506 g/mol. The first-order valence-corrected chi connectivity index (χ1v) is 12.7. The first-order chi connectivity index (χ1) is 17.3. The third-order valence-electron chi connectivity index (χ3n) is 6.44. The van der Waals surface area contributed by atoms with Crippen molar-refractivity contribution in [3.05, 3.63) is 100 Å². The summed E-state index contributed by atoms with van der Waals surface area (Å²) in [5.41, 5.74) is 3.94. The van der Waals surface area contributed by atoms with Crippen LogP contribution in [0.3, 0.4) is 0 Å². The highest BCUT2D eigenvalue weighted by Crippen LogP contribution is 2.22. The number of carbonyl (C=O) groups is 2. The second kappa shape index (κ2) is 13.1. The van der Waals surface area contributed by atoms with Crippen LogP contribution in [0.4, 0.5) is 0 Å². The van der Waals surface area contributed by atoms with E-state index in [2.05, 4.69) is 5.32 Å². The van der Waals surface area contributed by atoms with Crippen molar-refractivity contribution in [1.82, 2.24) is 10.2 Å². The maximum absolute atomic E-state index is 13.7. The van der Waals surface area contributed by atoms with E-state index in [0.717, 1.165) is 28.7 Å². The van der Waals surface area contributed by atoms with Crippen LogP contribution in [0.25, 0.3) is 0 Å². The molecule has 0 saturated carbocycles. The van der Waals surface area contributed by atoms with Crippen LogP contribution in [-0.2, 0) is 22.6 Å². The van der Waals surface area contributed by atoms with Gasteiger partial charge < -0.3 is 15.0 Å². The lowest BCUT2D eigenvalue weighted by molar-refractivity contribution is -0.143. The number of nitrogens with zero attached hydrogens (tertiary/aromatic N) is 1. The van der Waals surface area contributed by atoms with E-state index in [4.69, 9.17) is 16.3 Å². The zero-order valence-electron chi connectivity index (χ0n) is 21.5. The molecule has 0 heterocycles. The Balaban J connectivity index is 1.92. The number of hydrogen-bond acceptors (Lipinski definition) is 3. The average Bonchev–Trinajstić information content (AvgIpc) is 2.88. The minimum absolute atomic E-state index is 0.00514. The van der Waals surface area contributed by atoms with E-state index in [1.165, 1.54) is 0 Å². The molecule has 2 unspecified atom stereocenters. The molecule has 1 N–H and O–H groups in total. The Bertz CT molecular complexity index is 1150. The van der Waals surface area contributed by atoms with E-state index in [0.29, 0.717) is 17.2 Å². The minimum Gasteiger partial charge on any atom is -0.483 e. The zero-order valence-corrected chi connectivity index (χ0v) is 22.2. The van der Waals surface area contributed by atoms with Crippen LogP contribution < -0.4 is 10.1 Å². The average molecular weight is 507 g/mol. The predicted molar refractivity (Wildman–Crippen MR) is 145 cm³/mol. The van der Waals surface area contributed by atoms with E-state index in [1.807, 2.05) is 88.4 Å². The van der Waals surface area contributed by atoms with E-state index in [-0.39, 0.29) is 31.0 Å². The number of halogens is 1. The summed E-state index contributed by atoms with van der Waals surface area (Å²) in [5.74, 6) is 0.229. The van der Waals surface area contributed by atoms with Gasteiger partial charge in [-0.15, -0.1) is 0 Å². The van der Waals surface area contributed by atoms with Crippen molar-refractivity contribution >= 4 is 23.4 Å². The van der Waals surface area contributed by atoms with Gasteiger partial charge in [-0.05, 0) is 67.6 Å². The van der Waals surface area contributed by atoms with Gasteiger partial charge in [-0.1, -0.05) is 73.1 Å². The van der Waals surface area contributed by atoms with Gasteiger partial charge in [0.1, 0.15) is 11.8 Å². The van der Waals surface area contributed by atoms with Gasteiger partial charge in [0.2, 0.25) is 5.91 Å². The molecule has 0 spiro atoms. The SMILES string of the molecule is CCC(C)NC(=O)C(Cc1ccccc1)N(Cc1ccc(Cl)cc1)C(=O)COc1cccc(C)c1C. The summed E-state index contributed by atoms with van der Waals surface area (Å²) >= 11 is 6.08. The minimum atomic E-state index is -0.702. The fraction of sp³-hybridized carbons (Fsp3) is 0.333. The van der Waals surface area contributed by atoms with Crippen LogP contribution in [0.15, 0.2) is 72.8 Å². The first-order valence-electron chi connectivity index (χ1n) is 12.4. The molecule has 0 aromatic heterocycles. The zero-order chi connectivity index (χ0) is 26.1. The van der Waals surface area contributed by atoms with Crippen LogP contribution in [0.5, 0.6) is 5.75 Å². The summed E-state index contributed by atoms with van der Waals surface area (Å²) in [6, 6.07) is 22.2. The fourth-order valence-electron chi connectivity index (χ4n) is 3.88. The van der Waals surface area contributed by atoms with Crippen molar-refractivity contribution in [3.63, 3.8) is 0 Å². The highest BCUT2D eigenvalue weighted by molar-refractivity contribution is 6.30. The molecule has 3 aromatic rings. The van der Waals surface area contributed by atoms with Crippen LogP contribution in [0, 0.1) is 13.8 Å². The molecular weight excluding hydrogens is 472 g/mol. The molecule has 6 heteroatoms. The number of nitrogens with one attached hydrogen (secondary N) is 1. The lowest BCUT2D eigenvalue weighted by Gasteiger charge is -2.32. The summed E-state index contributed by atoms with van der Waals surface area (Å²) in [6.07, 6.45) is 1.19. The molecule has 3 rings (SSSR count). The normalized spacial score (nSPS) is 12.5. The van der Waals surface area contributed by atoms with Crippen LogP contribution >= 0.6 is 11.6 Å². The molecule has 0 radical (unpaired) electrons. The van der Waals surface area contributed by atoms with Crippen molar-refractivity contribution < 1.29 is 14.3 Å². The van der Waals surface area contributed by atoms with Gasteiger partial charge in [0.15, 0.2) is 6.61 Å². The third-order valence-corrected chi connectivity index (χ3v) is 6.70. The molecule has 3 aromatic carbocycles. The number of rotatable bonds is 11. The van der Waals surface area contributed by atoms with Crippen molar-refractivity contribution in [3.8, 4) is 5.75 Å². The summed E-state index contributed by atoms with van der Waals surface area (Å²) in [6.45, 7) is 8.06. The Hall–Kier alpha value is -3.31. The van der Waals surface area contributed by atoms with E-state index in [9.17, 15) is 9.59 Å². The summed E-state index contributed by atoms with van der Waals surface area (Å²) in [7, 11) is 0. The topological polar surface area (TPSA) is 58.6 Å². The molecule has 2 amide bonds. The number of benzene rings is 3. The molecule has 190 valence electrons. The van der Waals surface area contributed by atoms with Crippen molar-refractivity contribution in [2.45, 2.75) is 59.2 Å². The van der Waals surface area contributed by atoms with Gasteiger partial charge in [0.25, 0.3) is 5.91 Å². The lowest BCUT2D eigenvalue weighted by Crippen LogP contribution is -2.53. The van der Waals surface area contributed by atoms with Crippen LogP contribution in [0.1, 0.15) is 42.5 Å². The Morgan fingerprint density at radius 1 is 0.944 bits per heavy atom. The highest BCUT2D eigenvalue weighted by Gasteiger charge is 2.31.